The van der Waals surface area contributed by atoms with Crippen LogP contribution in [0.4, 0.5) is 0 Å². The SMILES string of the molecule is COc1ccc([C@H]2C(=O)N(C3CCCCCC3)CC(=O)N2CCc2ccc(Cl)cc2)cc1. The van der Waals surface area contributed by atoms with Crippen molar-refractivity contribution in [1.82, 2.24) is 9.80 Å². The first-order valence-electron chi connectivity index (χ1n) is 11.5. The lowest BCUT2D eigenvalue weighted by Crippen LogP contribution is -2.58. The van der Waals surface area contributed by atoms with Gasteiger partial charge in [0.15, 0.2) is 0 Å². The van der Waals surface area contributed by atoms with E-state index in [0.717, 1.165) is 42.6 Å². The molecule has 1 saturated heterocycles. The summed E-state index contributed by atoms with van der Waals surface area (Å²) < 4.78 is 5.29. The molecule has 1 saturated carbocycles. The van der Waals surface area contributed by atoms with Gasteiger partial charge in [0.1, 0.15) is 18.3 Å². The van der Waals surface area contributed by atoms with Crippen molar-refractivity contribution in [3.63, 3.8) is 0 Å². The molecule has 2 amide bonds. The molecule has 0 spiro atoms. The molecule has 6 heteroatoms. The minimum Gasteiger partial charge on any atom is -0.497 e. The molecule has 0 unspecified atom stereocenters. The zero-order valence-corrected chi connectivity index (χ0v) is 19.4. The molecule has 0 bridgehead atoms. The largest absolute Gasteiger partial charge is 0.497 e. The van der Waals surface area contributed by atoms with Crippen LogP contribution in [0.5, 0.6) is 5.75 Å². The smallest absolute Gasteiger partial charge is 0.250 e. The van der Waals surface area contributed by atoms with E-state index in [4.69, 9.17) is 16.3 Å². The van der Waals surface area contributed by atoms with Crippen LogP contribution < -0.4 is 4.74 Å². The van der Waals surface area contributed by atoms with Gasteiger partial charge in [-0.15, -0.1) is 0 Å². The Hall–Kier alpha value is -2.53. The van der Waals surface area contributed by atoms with Crippen LogP contribution in [0, 0.1) is 0 Å². The monoisotopic (exact) mass is 454 g/mol. The number of benzene rings is 2. The van der Waals surface area contributed by atoms with E-state index in [-0.39, 0.29) is 24.4 Å². The molecule has 2 fully saturated rings. The van der Waals surface area contributed by atoms with Crippen molar-refractivity contribution in [2.45, 2.75) is 57.0 Å². The predicted octanol–water partition coefficient (Wildman–Crippen LogP) is 5.03. The van der Waals surface area contributed by atoms with Gasteiger partial charge in [-0.2, -0.15) is 0 Å². The quantitative estimate of drug-likeness (QED) is 0.575. The van der Waals surface area contributed by atoms with Gasteiger partial charge in [0.05, 0.1) is 7.11 Å². The minimum atomic E-state index is -0.599. The predicted molar refractivity (Wildman–Crippen MR) is 126 cm³/mol. The van der Waals surface area contributed by atoms with Crippen molar-refractivity contribution in [1.29, 1.82) is 0 Å². The number of rotatable bonds is 6. The summed E-state index contributed by atoms with van der Waals surface area (Å²) in [7, 11) is 1.62. The molecule has 170 valence electrons. The van der Waals surface area contributed by atoms with E-state index in [1.807, 2.05) is 53.4 Å². The Bertz CT molecular complexity index is 921. The van der Waals surface area contributed by atoms with E-state index >= 15 is 0 Å². The maximum absolute atomic E-state index is 13.8. The van der Waals surface area contributed by atoms with Gasteiger partial charge in [-0.3, -0.25) is 9.59 Å². The lowest BCUT2D eigenvalue weighted by molar-refractivity contribution is -0.158. The van der Waals surface area contributed by atoms with Gasteiger partial charge in [0.2, 0.25) is 5.91 Å². The van der Waals surface area contributed by atoms with Crippen LogP contribution in [-0.4, -0.2) is 47.9 Å². The zero-order chi connectivity index (χ0) is 22.5. The summed E-state index contributed by atoms with van der Waals surface area (Å²) in [6, 6.07) is 14.7. The second-order valence-corrected chi connectivity index (χ2v) is 9.19. The first-order valence-corrected chi connectivity index (χ1v) is 11.9. The summed E-state index contributed by atoms with van der Waals surface area (Å²) >= 11 is 6.01. The van der Waals surface area contributed by atoms with Gasteiger partial charge in [-0.05, 0) is 54.7 Å². The summed E-state index contributed by atoms with van der Waals surface area (Å²) in [4.78, 5) is 30.8. The third kappa shape index (κ3) is 5.09. The summed E-state index contributed by atoms with van der Waals surface area (Å²) in [6.45, 7) is 0.665. The second-order valence-electron chi connectivity index (χ2n) is 8.75. The van der Waals surface area contributed by atoms with E-state index in [2.05, 4.69) is 0 Å². The lowest BCUT2D eigenvalue weighted by atomic mass is 9.97. The lowest BCUT2D eigenvalue weighted by Gasteiger charge is -2.43. The Labute approximate surface area is 195 Å². The molecule has 5 nitrogen and oxygen atoms in total. The highest BCUT2D eigenvalue weighted by molar-refractivity contribution is 6.30. The molecule has 2 aliphatic rings. The maximum Gasteiger partial charge on any atom is 0.250 e. The Morgan fingerprint density at radius 2 is 1.59 bits per heavy atom. The molecule has 0 aromatic heterocycles. The fourth-order valence-electron chi connectivity index (χ4n) is 4.89. The maximum atomic E-state index is 13.8. The van der Waals surface area contributed by atoms with E-state index in [9.17, 15) is 9.59 Å². The number of hydrogen-bond acceptors (Lipinski definition) is 3. The van der Waals surface area contributed by atoms with Crippen LogP contribution in [0.25, 0.3) is 0 Å². The van der Waals surface area contributed by atoms with Crippen molar-refractivity contribution >= 4 is 23.4 Å². The van der Waals surface area contributed by atoms with Crippen LogP contribution in [0.1, 0.15) is 55.7 Å². The van der Waals surface area contributed by atoms with Gasteiger partial charge >= 0.3 is 0 Å². The van der Waals surface area contributed by atoms with E-state index in [1.165, 1.54) is 12.8 Å². The highest BCUT2D eigenvalue weighted by Gasteiger charge is 2.42. The average molecular weight is 455 g/mol. The summed E-state index contributed by atoms with van der Waals surface area (Å²) in [5, 5.41) is 0.688. The Balaban J connectivity index is 1.60. The summed E-state index contributed by atoms with van der Waals surface area (Å²) in [6.07, 6.45) is 7.31. The molecular formula is C26H31ClN2O3. The van der Waals surface area contributed by atoms with Crippen LogP contribution in [-0.2, 0) is 16.0 Å². The first-order chi connectivity index (χ1) is 15.6. The van der Waals surface area contributed by atoms with Crippen molar-refractivity contribution in [3.8, 4) is 5.75 Å². The van der Waals surface area contributed by atoms with Gasteiger partial charge in [0, 0.05) is 17.6 Å². The summed E-state index contributed by atoms with van der Waals surface area (Å²) in [5.41, 5.74) is 1.92. The number of carbonyl (C=O) groups excluding carboxylic acids is 2. The molecular weight excluding hydrogens is 424 g/mol. The van der Waals surface area contributed by atoms with Crippen LogP contribution in [0.15, 0.2) is 48.5 Å². The van der Waals surface area contributed by atoms with Crippen molar-refractivity contribution < 1.29 is 14.3 Å². The van der Waals surface area contributed by atoms with E-state index in [1.54, 1.807) is 12.0 Å². The first kappa shape index (κ1) is 22.7. The molecule has 1 atom stereocenters. The topological polar surface area (TPSA) is 49.9 Å². The van der Waals surface area contributed by atoms with Gasteiger partial charge in [0.25, 0.3) is 5.91 Å². The van der Waals surface area contributed by atoms with Crippen molar-refractivity contribution in [2.75, 3.05) is 20.2 Å². The Morgan fingerprint density at radius 1 is 0.938 bits per heavy atom. The Kier molecular flexibility index (Phi) is 7.36. The van der Waals surface area contributed by atoms with Crippen molar-refractivity contribution in [2.24, 2.45) is 0 Å². The molecule has 2 aromatic carbocycles. The fourth-order valence-corrected chi connectivity index (χ4v) is 5.02. The number of halogens is 1. The zero-order valence-electron chi connectivity index (χ0n) is 18.6. The number of piperazine rings is 1. The average Bonchev–Trinajstić information content (AvgIpc) is 3.10. The third-order valence-corrected chi connectivity index (χ3v) is 6.96. The van der Waals surface area contributed by atoms with Crippen LogP contribution >= 0.6 is 11.6 Å². The van der Waals surface area contributed by atoms with Gasteiger partial charge in [-0.25, -0.2) is 0 Å². The third-order valence-electron chi connectivity index (χ3n) is 6.71. The summed E-state index contributed by atoms with van der Waals surface area (Å²) in [5.74, 6) is 0.790. The Morgan fingerprint density at radius 3 is 2.22 bits per heavy atom. The standard InChI is InChI=1S/C26H31ClN2O3/c1-32-23-14-10-20(11-15-23)25-26(31)29(22-6-4-2-3-5-7-22)18-24(30)28(25)17-16-19-8-12-21(27)13-9-19/h8-15,22,25H,2-7,16-18H2,1H3/t25-/m0/s1. The second kappa shape index (κ2) is 10.4. The number of nitrogens with zero attached hydrogens (tertiary/aromatic N) is 2. The van der Waals surface area contributed by atoms with Gasteiger partial charge in [-0.1, -0.05) is 61.5 Å². The highest BCUT2D eigenvalue weighted by Crippen LogP contribution is 2.33. The number of carbonyl (C=O) groups is 2. The molecule has 2 aromatic rings. The highest BCUT2D eigenvalue weighted by atomic mass is 35.5. The fraction of sp³-hybridized carbons (Fsp3) is 0.462. The number of amides is 2. The van der Waals surface area contributed by atoms with Crippen LogP contribution in [0.3, 0.4) is 0 Å². The molecule has 0 N–H and O–H groups in total. The van der Waals surface area contributed by atoms with E-state index in [0.29, 0.717) is 18.0 Å². The molecule has 0 radical (unpaired) electrons. The van der Waals surface area contributed by atoms with Crippen molar-refractivity contribution in [3.05, 3.63) is 64.7 Å². The van der Waals surface area contributed by atoms with Gasteiger partial charge < -0.3 is 14.5 Å². The normalized spacial score (nSPS) is 20.4. The number of ether oxygens (including phenoxy) is 1. The molecule has 1 heterocycles. The van der Waals surface area contributed by atoms with E-state index < -0.39 is 6.04 Å². The molecule has 4 rings (SSSR count). The molecule has 1 aliphatic heterocycles. The number of hydrogen-bond donors (Lipinski definition) is 0. The minimum absolute atomic E-state index is 0.0172. The molecule has 32 heavy (non-hydrogen) atoms. The number of methoxy groups -OCH3 is 1. The molecule has 1 aliphatic carbocycles. The van der Waals surface area contributed by atoms with Crippen LogP contribution in [0.2, 0.25) is 5.02 Å².